The van der Waals surface area contributed by atoms with Gasteiger partial charge in [-0.25, -0.2) is 0 Å². The summed E-state index contributed by atoms with van der Waals surface area (Å²) < 4.78 is 0. The molecule has 0 spiro atoms. The van der Waals surface area contributed by atoms with E-state index >= 15 is 0 Å². The van der Waals surface area contributed by atoms with Crippen LogP contribution in [-0.4, -0.2) is 16.2 Å². The fourth-order valence-corrected chi connectivity index (χ4v) is 3.02. The summed E-state index contributed by atoms with van der Waals surface area (Å²) in [5.41, 5.74) is 0.482. The zero-order valence-electron chi connectivity index (χ0n) is 9.71. The fraction of sp³-hybridized carbons (Fsp3) is 0.818. The number of nitrogens with zero attached hydrogens (tertiary/aromatic N) is 2. The largest absolute Gasteiger partial charge is 0.357 e. The first-order chi connectivity index (χ1) is 7.05. The summed E-state index contributed by atoms with van der Waals surface area (Å²) in [6.45, 7) is 6.70. The first-order valence-electron chi connectivity index (χ1n) is 5.62. The first kappa shape index (κ1) is 10.9. The van der Waals surface area contributed by atoms with Crippen molar-refractivity contribution in [2.75, 3.05) is 5.32 Å². The molecule has 4 heteroatoms. The van der Waals surface area contributed by atoms with Crippen LogP contribution < -0.4 is 5.32 Å². The molecule has 1 unspecified atom stereocenters. The van der Waals surface area contributed by atoms with Gasteiger partial charge in [0.15, 0.2) is 0 Å². The Hall–Kier alpha value is -0.640. The molecule has 15 heavy (non-hydrogen) atoms. The second kappa shape index (κ2) is 4.08. The average molecular weight is 225 g/mol. The molecule has 1 fully saturated rings. The summed E-state index contributed by atoms with van der Waals surface area (Å²) in [7, 11) is 0. The lowest BCUT2D eigenvalue weighted by atomic mass is 9.75. The van der Waals surface area contributed by atoms with E-state index < -0.39 is 0 Å². The van der Waals surface area contributed by atoms with Gasteiger partial charge in [-0.15, -0.1) is 10.2 Å². The Morgan fingerprint density at radius 1 is 1.40 bits per heavy atom. The standard InChI is InChI=1S/C11H19N3S/c1-8-13-14-10(15-8)12-9-5-4-6-11(2,3)7-9/h9H,4-7H2,1-3H3,(H,12,14). The highest BCUT2D eigenvalue weighted by Gasteiger charge is 2.28. The van der Waals surface area contributed by atoms with E-state index in [1.807, 2.05) is 6.92 Å². The molecule has 0 amide bonds. The number of rotatable bonds is 2. The van der Waals surface area contributed by atoms with Crippen molar-refractivity contribution in [3.8, 4) is 0 Å². The lowest BCUT2D eigenvalue weighted by Crippen LogP contribution is -2.31. The predicted octanol–water partition coefficient (Wildman–Crippen LogP) is 3.23. The van der Waals surface area contributed by atoms with Gasteiger partial charge in [-0.05, 0) is 31.6 Å². The van der Waals surface area contributed by atoms with Crippen molar-refractivity contribution in [1.29, 1.82) is 0 Å². The summed E-state index contributed by atoms with van der Waals surface area (Å²) in [6, 6.07) is 0.584. The Morgan fingerprint density at radius 2 is 2.20 bits per heavy atom. The summed E-state index contributed by atoms with van der Waals surface area (Å²) >= 11 is 1.65. The molecule has 1 atom stereocenters. The van der Waals surface area contributed by atoms with Crippen molar-refractivity contribution >= 4 is 16.5 Å². The Labute approximate surface area is 95.3 Å². The van der Waals surface area contributed by atoms with E-state index in [9.17, 15) is 0 Å². The van der Waals surface area contributed by atoms with Crippen LogP contribution in [0.3, 0.4) is 0 Å². The van der Waals surface area contributed by atoms with Gasteiger partial charge in [0, 0.05) is 6.04 Å². The summed E-state index contributed by atoms with van der Waals surface area (Å²) in [5, 5.41) is 13.7. The van der Waals surface area contributed by atoms with Crippen LogP contribution >= 0.6 is 11.3 Å². The molecule has 0 bridgehead atoms. The van der Waals surface area contributed by atoms with Crippen molar-refractivity contribution in [2.24, 2.45) is 5.41 Å². The quantitative estimate of drug-likeness (QED) is 0.839. The Kier molecular flexibility index (Phi) is 2.96. The van der Waals surface area contributed by atoms with Crippen molar-refractivity contribution in [3.63, 3.8) is 0 Å². The van der Waals surface area contributed by atoms with Gasteiger partial charge in [-0.1, -0.05) is 31.6 Å². The highest BCUT2D eigenvalue weighted by Crippen LogP contribution is 2.36. The molecule has 0 aromatic carbocycles. The van der Waals surface area contributed by atoms with Crippen LogP contribution in [0.2, 0.25) is 0 Å². The smallest absolute Gasteiger partial charge is 0.205 e. The molecule has 1 aromatic heterocycles. The van der Waals surface area contributed by atoms with Crippen LogP contribution in [0.4, 0.5) is 5.13 Å². The number of aromatic nitrogens is 2. The number of aryl methyl sites for hydroxylation is 1. The van der Waals surface area contributed by atoms with Gasteiger partial charge >= 0.3 is 0 Å². The summed E-state index contributed by atoms with van der Waals surface area (Å²) in [6.07, 6.45) is 5.18. The third kappa shape index (κ3) is 2.91. The van der Waals surface area contributed by atoms with Gasteiger partial charge in [-0.3, -0.25) is 0 Å². The maximum atomic E-state index is 4.12. The fourth-order valence-electron chi connectivity index (χ4n) is 2.35. The van der Waals surface area contributed by atoms with Crippen LogP contribution in [0.25, 0.3) is 0 Å². The lowest BCUT2D eigenvalue weighted by molar-refractivity contribution is 0.229. The Balaban J connectivity index is 1.95. The van der Waals surface area contributed by atoms with Gasteiger partial charge in [0.05, 0.1) is 0 Å². The summed E-state index contributed by atoms with van der Waals surface area (Å²) in [5.74, 6) is 0. The minimum atomic E-state index is 0.482. The van der Waals surface area contributed by atoms with Crippen molar-refractivity contribution in [3.05, 3.63) is 5.01 Å². The van der Waals surface area contributed by atoms with Gasteiger partial charge in [0.25, 0.3) is 0 Å². The minimum absolute atomic E-state index is 0.482. The zero-order valence-corrected chi connectivity index (χ0v) is 10.5. The molecule has 0 aliphatic heterocycles. The molecule has 1 N–H and O–H groups in total. The van der Waals surface area contributed by atoms with Crippen LogP contribution in [0.15, 0.2) is 0 Å². The van der Waals surface area contributed by atoms with Crippen LogP contribution in [0.1, 0.15) is 44.5 Å². The number of hydrogen-bond acceptors (Lipinski definition) is 4. The molecule has 84 valence electrons. The highest BCUT2D eigenvalue weighted by molar-refractivity contribution is 7.15. The van der Waals surface area contributed by atoms with E-state index in [4.69, 9.17) is 0 Å². The SMILES string of the molecule is Cc1nnc(NC2CCCC(C)(C)C2)s1. The van der Waals surface area contributed by atoms with Gasteiger partial charge in [0.2, 0.25) is 5.13 Å². The van der Waals surface area contributed by atoms with Gasteiger partial charge < -0.3 is 5.32 Å². The molecule has 1 aliphatic rings. The van der Waals surface area contributed by atoms with E-state index in [0.717, 1.165) is 10.1 Å². The molecule has 1 aromatic rings. The van der Waals surface area contributed by atoms with E-state index in [1.165, 1.54) is 25.7 Å². The first-order valence-corrected chi connectivity index (χ1v) is 6.43. The van der Waals surface area contributed by atoms with E-state index in [-0.39, 0.29) is 0 Å². The number of nitrogens with one attached hydrogen (secondary N) is 1. The maximum Gasteiger partial charge on any atom is 0.205 e. The Bertz CT molecular complexity index is 332. The number of anilines is 1. The predicted molar refractivity (Wildman–Crippen MR) is 64.3 cm³/mol. The van der Waals surface area contributed by atoms with E-state index in [2.05, 4.69) is 29.4 Å². The lowest BCUT2D eigenvalue weighted by Gasteiger charge is -2.35. The van der Waals surface area contributed by atoms with Crippen molar-refractivity contribution in [2.45, 2.75) is 52.5 Å². The number of hydrogen-bond donors (Lipinski definition) is 1. The molecule has 1 heterocycles. The molecular formula is C11H19N3S. The zero-order chi connectivity index (χ0) is 10.9. The molecule has 1 saturated carbocycles. The Morgan fingerprint density at radius 3 is 2.80 bits per heavy atom. The normalized spacial score (nSPS) is 25.1. The summed E-state index contributed by atoms with van der Waals surface area (Å²) in [4.78, 5) is 0. The molecule has 0 saturated heterocycles. The highest BCUT2D eigenvalue weighted by atomic mass is 32.1. The van der Waals surface area contributed by atoms with Crippen LogP contribution in [0.5, 0.6) is 0 Å². The molecular weight excluding hydrogens is 206 g/mol. The van der Waals surface area contributed by atoms with Crippen LogP contribution in [0, 0.1) is 12.3 Å². The maximum absolute atomic E-state index is 4.12. The van der Waals surface area contributed by atoms with Gasteiger partial charge in [0.1, 0.15) is 5.01 Å². The molecule has 1 aliphatic carbocycles. The van der Waals surface area contributed by atoms with Crippen molar-refractivity contribution < 1.29 is 0 Å². The molecule has 0 radical (unpaired) electrons. The minimum Gasteiger partial charge on any atom is -0.357 e. The average Bonchev–Trinajstić information content (AvgIpc) is 2.49. The van der Waals surface area contributed by atoms with Crippen LogP contribution in [-0.2, 0) is 0 Å². The monoisotopic (exact) mass is 225 g/mol. The second-order valence-corrected chi connectivity index (χ2v) is 6.41. The van der Waals surface area contributed by atoms with Crippen molar-refractivity contribution in [1.82, 2.24) is 10.2 Å². The third-order valence-electron chi connectivity index (χ3n) is 3.06. The van der Waals surface area contributed by atoms with Gasteiger partial charge in [-0.2, -0.15) is 0 Å². The molecule has 3 nitrogen and oxygen atoms in total. The second-order valence-electron chi connectivity index (χ2n) is 5.23. The topological polar surface area (TPSA) is 37.8 Å². The molecule has 2 rings (SSSR count). The van der Waals surface area contributed by atoms with E-state index in [1.54, 1.807) is 11.3 Å². The van der Waals surface area contributed by atoms with E-state index in [0.29, 0.717) is 11.5 Å². The third-order valence-corrected chi connectivity index (χ3v) is 3.83.